The average Bonchev–Trinajstić information content (AvgIpc) is 3.47. The predicted molar refractivity (Wildman–Crippen MR) is 130 cm³/mol. The molecular weight excluding hydrogens is 513 g/mol. The van der Waals surface area contributed by atoms with E-state index in [0.29, 0.717) is 29.8 Å². The van der Waals surface area contributed by atoms with E-state index in [1.165, 1.54) is 24.4 Å². The zero-order valence-corrected chi connectivity index (χ0v) is 20.2. The molecule has 1 N–H and O–H groups in total. The van der Waals surface area contributed by atoms with Crippen molar-refractivity contribution in [2.24, 2.45) is 0 Å². The van der Waals surface area contributed by atoms with E-state index >= 15 is 0 Å². The quantitative estimate of drug-likeness (QED) is 0.409. The lowest BCUT2D eigenvalue weighted by atomic mass is 9.96. The van der Waals surface area contributed by atoms with Gasteiger partial charge in [0.05, 0.1) is 17.8 Å². The second-order valence-corrected chi connectivity index (χ2v) is 8.79. The lowest BCUT2D eigenvalue weighted by molar-refractivity contribution is -0.159. The molecule has 2 amide bonds. The van der Waals surface area contributed by atoms with Gasteiger partial charge in [0.2, 0.25) is 5.82 Å². The number of amides is 2. The molecule has 0 fully saturated rings. The van der Waals surface area contributed by atoms with Crippen molar-refractivity contribution in [2.45, 2.75) is 25.7 Å². The summed E-state index contributed by atoms with van der Waals surface area (Å²) in [6, 6.07) is 16.6. The fourth-order valence-corrected chi connectivity index (χ4v) is 4.17. The van der Waals surface area contributed by atoms with Crippen molar-refractivity contribution in [1.82, 2.24) is 25.3 Å². The highest BCUT2D eigenvalue weighted by molar-refractivity contribution is 5.96. The van der Waals surface area contributed by atoms with Gasteiger partial charge in [0.25, 0.3) is 11.8 Å². The van der Waals surface area contributed by atoms with Crippen molar-refractivity contribution in [2.75, 3.05) is 6.54 Å². The number of hydrogen-bond donors (Lipinski definition) is 1. The van der Waals surface area contributed by atoms with E-state index in [1.54, 1.807) is 35.2 Å². The maximum Gasteiger partial charge on any atom is 0.471 e. The van der Waals surface area contributed by atoms with E-state index in [0.717, 1.165) is 11.1 Å². The van der Waals surface area contributed by atoms with Crippen molar-refractivity contribution in [3.8, 4) is 17.5 Å². The lowest BCUT2D eigenvalue weighted by Crippen LogP contribution is -2.36. The number of fused-ring (bicyclic) bond motifs is 1. The van der Waals surface area contributed by atoms with Gasteiger partial charge in [0.15, 0.2) is 0 Å². The normalized spacial score (nSPS) is 12.9. The maximum atomic E-state index is 13.3. The van der Waals surface area contributed by atoms with Gasteiger partial charge in [0.1, 0.15) is 6.07 Å². The van der Waals surface area contributed by atoms with Gasteiger partial charge in [0, 0.05) is 36.0 Å². The molecule has 5 rings (SSSR count). The summed E-state index contributed by atoms with van der Waals surface area (Å²) in [5, 5.41) is 15.0. The van der Waals surface area contributed by atoms with Crippen LogP contribution in [0.25, 0.3) is 11.4 Å². The first kappa shape index (κ1) is 25.6. The van der Waals surface area contributed by atoms with Crippen LogP contribution in [0, 0.1) is 11.3 Å². The number of benzene rings is 2. The standard InChI is InChI=1S/C27H19F3N6O3/c28-27(29,30)26-34-23(35-39-26)18-2-1-3-20(10-18)25(38)36-9-8-17-5-6-19(11-21(17)15-36)24(37)33-14-22-7-4-16(12-31)13-32-22/h1-7,10-11,13H,8-9,14-15H2,(H,33,37). The van der Waals surface area contributed by atoms with Crippen LogP contribution in [0.1, 0.15) is 49.0 Å². The summed E-state index contributed by atoms with van der Waals surface area (Å²) in [5.74, 6) is -2.36. The summed E-state index contributed by atoms with van der Waals surface area (Å²) in [6.45, 7) is 0.886. The second-order valence-electron chi connectivity index (χ2n) is 8.79. The first-order chi connectivity index (χ1) is 18.7. The molecule has 1 aliphatic rings. The Morgan fingerprint density at radius 1 is 1.08 bits per heavy atom. The fourth-order valence-electron chi connectivity index (χ4n) is 4.17. The molecule has 9 nitrogen and oxygen atoms in total. The Balaban J connectivity index is 1.27. The third-order valence-electron chi connectivity index (χ3n) is 6.19. The zero-order valence-electron chi connectivity index (χ0n) is 20.2. The van der Waals surface area contributed by atoms with E-state index < -0.39 is 12.1 Å². The highest BCUT2D eigenvalue weighted by atomic mass is 19.4. The fraction of sp³-hybridized carbons (Fsp3) is 0.185. The number of nitriles is 1. The Kier molecular flexibility index (Phi) is 6.81. The molecule has 0 unspecified atom stereocenters. The molecule has 0 atom stereocenters. The number of carbonyl (C=O) groups is 2. The monoisotopic (exact) mass is 532 g/mol. The highest BCUT2D eigenvalue weighted by Gasteiger charge is 2.38. The SMILES string of the molecule is N#Cc1ccc(CNC(=O)c2ccc3c(c2)CN(C(=O)c2cccc(-c4noc(C(F)(F)F)n4)c2)CC3)nc1. The smallest absolute Gasteiger partial charge is 0.346 e. The molecular formula is C27H19F3N6O3. The first-order valence-corrected chi connectivity index (χ1v) is 11.8. The topological polar surface area (TPSA) is 125 Å². The van der Waals surface area contributed by atoms with Crippen LogP contribution >= 0.6 is 0 Å². The van der Waals surface area contributed by atoms with Crippen LogP contribution in [0.15, 0.2) is 65.3 Å². The number of pyridine rings is 1. The van der Waals surface area contributed by atoms with Crippen molar-refractivity contribution in [1.29, 1.82) is 5.26 Å². The summed E-state index contributed by atoms with van der Waals surface area (Å²) < 4.78 is 42.7. The summed E-state index contributed by atoms with van der Waals surface area (Å²) in [7, 11) is 0. The third-order valence-corrected chi connectivity index (χ3v) is 6.19. The van der Waals surface area contributed by atoms with Crippen LogP contribution in [0.3, 0.4) is 0 Å². The Morgan fingerprint density at radius 2 is 1.92 bits per heavy atom. The van der Waals surface area contributed by atoms with Crippen LogP contribution in [-0.4, -0.2) is 38.4 Å². The van der Waals surface area contributed by atoms with E-state index in [9.17, 15) is 22.8 Å². The van der Waals surface area contributed by atoms with Crippen molar-refractivity contribution in [3.63, 3.8) is 0 Å². The number of aromatic nitrogens is 3. The molecule has 3 heterocycles. The molecule has 4 aromatic rings. The predicted octanol–water partition coefficient (Wildman–Crippen LogP) is 4.15. The molecule has 0 aliphatic carbocycles. The van der Waals surface area contributed by atoms with Gasteiger partial charge in [-0.05, 0) is 53.9 Å². The van der Waals surface area contributed by atoms with Gasteiger partial charge >= 0.3 is 12.1 Å². The number of alkyl halides is 3. The van der Waals surface area contributed by atoms with E-state index in [1.807, 2.05) is 12.1 Å². The van der Waals surface area contributed by atoms with Gasteiger partial charge in [-0.15, -0.1) is 0 Å². The molecule has 1 aliphatic heterocycles. The molecule has 0 saturated heterocycles. The van der Waals surface area contributed by atoms with Gasteiger partial charge in [-0.3, -0.25) is 14.6 Å². The lowest BCUT2D eigenvalue weighted by Gasteiger charge is -2.29. The second kappa shape index (κ2) is 10.4. The van der Waals surface area contributed by atoms with Crippen LogP contribution < -0.4 is 5.32 Å². The number of nitrogens with one attached hydrogen (secondary N) is 1. The van der Waals surface area contributed by atoms with Crippen LogP contribution in [0.5, 0.6) is 0 Å². The molecule has 196 valence electrons. The molecule has 0 saturated carbocycles. The molecule has 2 aromatic heterocycles. The first-order valence-electron chi connectivity index (χ1n) is 11.8. The van der Waals surface area contributed by atoms with Crippen molar-refractivity contribution in [3.05, 3.63) is 100 Å². The molecule has 12 heteroatoms. The Hall–Kier alpha value is -5.05. The maximum absolute atomic E-state index is 13.3. The van der Waals surface area contributed by atoms with E-state index in [4.69, 9.17) is 5.26 Å². The average molecular weight is 532 g/mol. The third kappa shape index (κ3) is 5.62. The summed E-state index contributed by atoms with van der Waals surface area (Å²) in [6.07, 6.45) is -2.75. The van der Waals surface area contributed by atoms with Crippen LogP contribution in [-0.2, 0) is 25.7 Å². The molecule has 0 spiro atoms. The summed E-state index contributed by atoms with van der Waals surface area (Å²) in [4.78, 5) is 35.1. The van der Waals surface area contributed by atoms with Crippen molar-refractivity contribution < 1.29 is 27.3 Å². The molecule has 0 radical (unpaired) electrons. The minimum Gasteiger partial charge on any atom is -0.346 e. The van der Waals surface area contributed by atoms with E-state index in [2.05, 4.69) is 25.0 Å². The van der Waals surface area contributed by atoms with Crippen LogP contribution in [0.2, 0.25) is 0 Å². The van der Waals surface area contributed by atoms with Crippen molar-refractivity contribution >= 4 is 11.8 Å². The number of hydrogen-bond acceptors (Lipinski definition) is 7. The number of carbonyl (C=O) groups excluding carboxylic acids is 2. The number of halogens is 3. The largest absolute Gasteiger partial charge is 0.471 e. The number of rotatable bonds is 5. The molecule has 39 heavy (non-hydrogen) atoms. The number of nitrogens with zero attached hydrogens (tertiary/aromatic N) is 5. The Bertz CT molecular complexity index is 1590. The van der Waals surface area contributed by atoms with Gasteiger partial charge in [-0.2, -0.15) is 23.4 Å². The zero-order chi connectivity index (χ0) is 27.6. The molecule has 2 aromatic carbocycles. The van der Waals surface area contributed by atoms with Gasteiger partial charge < -0.3 is 14.7 Å². The Labute approximate surface area is 219 Å². The Morgan fingerprint density at radius 3 is 2.64 bits per heavy atom. The van der Waals surface area contributed by atoms with E-state index in [-0.39, 0.29) is 41.9 Å². The summed E-state index contributed by atoms with van der Waals surface area (Å²) >= 11 is 0. The van der Waals surface area contributed by atoms with Crippen LogP contribution in [0.4, 0.5) is 13.2 Å². The highest BCUT2D eigenvalue weighted by Crippen LogP contribution is 2.30. The van der Waals surface area contributed by atoms with Gasteiger partial charge in [-0.25, -0.2) is 0 Å². The summed E-state index contributed by atoms with van der Waals surface area (Å²) in [5.41, 5.74) is 3.78. The molecule has 0 bridgehead atoms. The minimum absolute atomic E-state index is 0.188. The minimum atomic E-state index is -4.77. The van der Waals surface area contributed by atoms with Gasteiger partial charge in [-0.1, -0.05) is 23.4 Å².